The Hall–Kier alpha value is -1.94. The summed E-state index contributed by atoms with van der Waals surface area (Å²) in [5.74, 6) is 0. The third-order valence-corrected chi connectivity index (χ3v) is 5.64. The monoisotopic (exact) mass is 357 g/mol. The van der Waals surface area contributed by atoms with Gasteiger partial charge in [0.1, 0.15) is 11.1 Å². The first-order chi connectivity index (χ1) is 11.5. The second-order valence-electron chi connectivity index (χ2n) is 6.03. The van der Waals surface area contributed by atoms with E-state index in [4.69, 9.17) is 17.0 Å². The number of hydrogen-bond donors (Lipinski definition) is 2. The van der Waals surface area contributed by atoms with Gasteiger partial charge in [0.15, 0.2) is 5.11 Å². The molecule has 124 valence electrons. The molecule has 2 aromatic rings. The maximum Gasteiger partial charge on any atom is 0.175 e. The van der Waals surface area contributed by atoms with Crippen LogP contribution >= 0.6 is 23.6 Å². The molecule has 0 unspecified atom stereocenters. The molecule has 0 radical (unpaired) electrons. The summed E-state index contributed by atoms with van der Waals surface area (Å²) in [6, 6.07) is 12.1. The summed E-state index contributed by atoms with van der Waals surface area (Å²) in [6.45, 7) is 4.77. The zero-order chi connectivity index (χ0) is 17.2. The Balaban J connectivity index is 1.80. The molecule has 3 rings (SSSR count). The van der Waals surface area contributed by atoms with Crippen LogP contribution in [-0.2, 0) is 17.8 Å². The Kier molecular flexibility index (Phi) is 4.86. The van der Waals surface area contributed by atoms with Crippen molar-refractivity contribution < 1.29 is 4.74 Å². The quantitative estimate of drug-likeness (QED) is 0.782. The van der Waals surface area contributed by atoms with Crippen molar-refractivity contribution in [2.24, 2.45) is 0 Å². The summed E-state index contributed by atoms with van der Waals surface area (Å²) in [5.41, 5.74) is 2.51. The number of thiophene rings is 1. The zero-order valence-electron chi connectivity index (χ0n) is 13.7. The minimum Gasteiger partial charge on any atom is -0.369 e. The number of benzene rings is 1. The molecule has 1 aromatic heterocycles. The van der Waals surface area contributed by atoms with Crippen LogP contribution in [0.5, 0.6) is 0 Å². The third-order valence-electron chi connectivity index (χ3n) is 4.31. The topological polar surface area (TPSA) is 57.1 Å². The van der Waals surface area contributed by atoms with Crippen molar-refractivity contribution in [1.29, 1.82) is 5.26 Å². The van der Waals surface area contributed by atoms with Crippen LogP contribution in [0.3, 0.4) is 0 Å². The van der Waals surface area contributed by atoms with Crippen LogP contribution in [0.15, 0.2) is 30.3 Å². The molecule has 0 spiro atoms. The van der Waals surface area contributed by atoms with Crippen LogP contribution in [0, 0.1) is 11.3 Å². The van der Waals surface area contributed by atoms with E-state index in [1.54, 1.807) is 11.3 Å². The summed E-state index contributed by atoms with van der Waals surface area (Å²) >= 11 is 6.93. The van der Waals surface area contributed by atoms with E-state index < -0.39 is 0 Å². The first kappa shape index (κ1) is 16.9. The summed E-state index contributed by atoms with van der Waals surface area (Å²) in [6.07, 6.45) is 1.68. The molecule has 0 saturated carbocycles. The highest BCUT2D eigenvalue weighted by molar-refractivity contribution is 7.80. The van der Waals surface area contributed by atoms with Crippen molar-refractivity contribution in [1.82, 2.24) is 0 Å². The molecular formula is C18H19N3OS2. The van der Waals surface area contributed by atoms with Crippen LogP contribution < -0.4 is 10.6 Å². The number of nitrogens with one attached hydrogen (secondary N) is 2. The van der Waals surface area contributed by atoms with Crippen molar-refractivity contribution in [3.05, 3.63) is 46.3 Å². The molecule has 0 bridgehead atoms. The largest absolute Gasteiger partial charge is 0.369 e. The molecule has 1 aromatic carbocycles. The highest BCUT2D eigenvalue weighted by Gasteiger charge is 2.33. The van der Waals surface area contributed by atoms with E-state index in [9.17, 15) is 5.26 Å². The van der Waals surface area contributed by atoms with Gasteiger partial charge in [0.25, 0.3) is 0 Å². The third kappa shape index (κ3) is 3.44. The molecule has 0 amide bonds. The normalized spacial score (nSPS) is 19.2. The van der Waals surface area contributed by atoms with E-state index >= 15 is 0 Å². The van der Waals surface area contributed by atoms with Crippen molar-refractivity contribution >= 4 is 39.4 Å². The van der Waals surface area contributed by atoms with E-state index in [1.165, 1.54) is 0 Å². The number of nitrogens with zero attached hydrogens (tertiary/aromatic N) is 1. The SMILES string of the molecule is CC[C@]1(C)Cc2c(sc(NC(=S)Nc3ccccc3)c2C#N)CO1. The standard InChI is InChI=1S/C18H19N3OS2/c1-3-18(2)9-13-14(10-19)16(24-15(13)11-22-18)21-17(23)20-12-7-5-4-6-8-12/h4-8H,3,9,11H2,1-2H3,(H2,20,21,23)/t18-/m1/s1. The number of ether oxygens (including phenoxy) is 1. The van der Waals surface area contributed by atoms with Gasteiger partial charge in [0.05, 0.1) is 17.8 Å². The first-order valence-electron chi connectivity index (χ1n) is 7.86. The molecule has 4 nitrogen and oxygen atoms in total. The summed E-state index contributed by atoms with van der Waals surface area (Å²) in [5, 5.41) is 17.2. The molecule has 6 heteroatoms. The van der Waals surface area contributed by atoms with Crippen molar-refractivity contribution in [3.8, 4) is 6.07 Å². The van der Waals surface area contributed by atoms with Gasteiger partial charge < -0.3 is 15.4 Å². The van der Waals surface area contributed by atoms with Gasteiger partial charge in [0, 0.05) is 17.0 Å². The molecule has 1 atom stereocenters. The first-order valence-corrected chi connectivity index (χ1v) is 9.09. The van der Waals surface area contributed by atoms with Crippen molar-refractivity contribution in [3.63, 3.8) is 0 Å². The van der Waals surface area contributed by atoms with Crippen LogP contribution in [0.1, 0.15) is 36.3 Å². The Bertz CT molecular complexity index is 795. The van der Waals surface area contributed by atoms with Crippen LogP contribution in [0.2, 0.25) is 0 Å². The Morgan fingerprint density at radius 1 is 1.38 bits per heavy atom. The number of nitriles is 1. The average molecular weight is 358 g/mol. The number of para-hydroxylation sites is 1. The molecular weight excluding hydrogens is 338 g/mol. The minimum absolute atomic E-state index is 0.195. The van der Waals surface area contributed by atoms with Crippen LogP contribution in [-0.4, -0.2) is 10.7 Å². The molecule has 0 aliphatic carbocycles. The van der Waals surface area contributed by atoms with Gasteiger partial charge in [0.2, 0.25) is 0 Å². The van der Waals surface area contributed by atoms with E-state index in [1.807, 2.05) is 30.3 Å². The van der Waals surface area contributed by atoms with Crippen LogP contribution in [0.4, 0.5) is 10.7 Å². The van der Waals surface area contributed by atoms with E-state index in [0.29, 0.717) is 17.3 Å². The van der Waals surface area contributed by atoms with Gasteiger partial charge >= 0.3 is 0 Å². The highest BCUT2D eigenvalue weighted by atomic mass is 32.1. The molecule has 0 saturated heterocycles. The van der Waals surface area contributed by atoms with E-state index in [0.717, 1.165) is 34.0 Å². The Morgan fingerprint density at radius 2 is 2.12 bits per heavy atom. The fourth-order valence-electron chi connectivity index (χ4n) is 2.70. The lowest BCUT2D eigenvalue weighted by Crippen LogP contribution is -2.34. The number of anilines is 2. The Labute approximate surface area is 151 Å². The summed E-state index contributed by atoms with van der Waals surface area (Å²) in [4.78, 5) is 1.11. The van der Waals surface area contributed by atoms with Gasteiger partial charge in [-0.1, -0.05) is 25.1 Å². The van der Waals surface area contributed by atoms with Gasteiger partial charge in [-0.25, -0.2) is 0 Å². The zero-order valence-corrected chi connectivity index (χ0v) is 15.3. The smallest absolute Gasteiger partial charge is 0.175 e. The lowest BCUT2D eigenvalue weighted by molar-refractivity contribution is -0.0547. The fraction of sp³-hybridized carbons (Fsp3) is 0.333. The number of hydrogen-bond acceptors (Lipinski definition) is 4. The molecule has 2 N–H and O–H groups in total. The Morgan fingerprint density at radius 3 is 2.79 bits per heavy atom. The maximum atomic E-state index is 9.62. The number of rotatable bonds is 3. The highest BCUT2D eigenvalue weighted by Crippen LogP contribution is 2.41. The van der Waals surface area contributed by atoms with Crippen molar-refractivity contribution in [2.75, 3.05) is 10.6 Å². The average Bonchev–Trinajstić information content (AvgIpc) is 2.91. The second kappa shape index (κ2) is 6.89. The van der Waals surface area contributed by atoms with Gasteiger partial charge in [-0.2, -0.15) is 5.26 Å². The molecule has 1 aliphatic heterocycles. The molecule has 1 aliphatic rings. The molecule has 2 heterocycles. The number of thiocarbonyl (C=S) groups is 1. The van der Waals surface area contributed by atoms with Crippen molar-refractivity contribution in [2.45, 2.75) is 38.9 Å². The molecule has 0 fully saturated rings. The number of fused-ring (bicyclic) bond motifs is 1. The maximum absolute atomic E-state index is 9.62. The molecule has 24 heavy (non-hydrogen) atoms. The summed E-state index contributed by atoms with van der Waals surface area (Å²) < 4.78 is 5.98. The van der Waals surface area contributed by atoms with Crippen LogP contribution in [0.25, 0.3) is 0 Å². The predicted octanol–water partition coefficient (Wildman–Crippen LogP) is 4.67. The van der Waals surface area contributed by atoms with Gasteiger partial charge in [-0.05, 0) is 43.3 Å². The lowest BCUT2D eigenvalue weighted by atomic mass is 9.90. The fourth-order valence-corrected chi connectivity index (χ4v) is 4.07. The van der Waals surface area contributed by atoms with Gasteiger partial charge in [-0.3, -0.25) is 0 Å². The summed E-state index contributed by atoms with van der Waals surface area (Å²) in [7, 11) is 0. The van der Waals surface area contributed by atoms with E-state index in [-0.39, 0.29) is 5.60 Å². The lowest BCUT2D eigenvalue weighted by Gasteiger charge is -2.32. The predicted molar refractivity (Wildman–Crippen MR) is 103 cm³/mol. The van der Waals surface area contributed by atoms with Gasteiger partial charge in [-0.15, -0.1) is 11.3 Å². The minimum atomic E-state index is -0.195. The van der Waals surface area contributed by atoms with E-state index in [2.05, 4.69) is 30.6 Å². The second-order valence-corrected chi connectivity index (χ2v) is 7.55.